The quantitative estimate of drug-likeness (QED) is 0.561. The second-order valence-electron chi connectivity index (χ2n) is 6.09. The first-order valence-electron chi connectivity index (χ1n) is 8.35. The van der Waals surface area contributed by atoms with Gasteiger partial charge < -0.3 is 5.32 Å². The Morgan fingerprint density at radius 3 is 2.43 bits per heavy atom. The number of nitrogens with zero attached hydrogens (tertiary/aromatic N) is 3. The van der Waals surface area contributed by atoms with E-state index < -0.39 is 11.7 Å². The van der Waals surface area contributed by atoms with Crippen molar-refractivity contribution in [3.05, 3.63) is 82.3 Å². The first kappa shape index (κ1) is 17.8. The number of hydrogen-bond donors (Lipinski definition) is 2. The number of H-pyrrole nitrogens is 1. The molecule has 4 rings (SSSR count). The zero-order valence-corrected chi connectivity index (χ0v) is 14.4. The number of para-hydroxylation sites is 1. The molecule has 0 spiro atoms. The maximum atomic E-state index is 12.6. The lowest BCUT2D eigenvalue weighted by molar-refractivity contribution is -0.137. The van der Waals surface area contributed by atoms with E-state index in [0.29, 0.717) is 16.6 Å². The second kappa shape index (κ2) is 6.84. The van der Waals surface area contributed by atoms with Crippen LogP contribution in [-0.4, -0.2) is 19.7 Å². The third kappa shape index (κ3) is 3.46. The molecule has 2 N–H and O–H groups in total. The van der Waals surface area contributed by atoms with Gasteiger partial charge in [-0.3, -0.25) is 9.78 Å². The SMILES string of the molecule is O=c1[nH]c(NCc2ccc(C(F)(F)F)cc2)nc2c1cnn2-c1ccccc1. The molecule has 0 unspecified atom stereocenters. The van der Waals surface area contributed by atoms with Gasteiger partial charge in [-0.25, -0.2) is 4.68 Å². The minimum atomic E-state index is -4.38. The molecule has 9 heteroatoms. The zero-order valence-electron chi connectivity index (χ0n) is 14.4. The number of nitrogens with one attached hydrogen (secondary N) is 2. The molecule has 2 heterocycles. The van der Waals surface area contributed by atoms with Crippen LogP contribution >= 0.6 is 0 Å². The lowest BCUT2D eigenvalue weighted by Crippen LogP contribution is -2.13. The number of rotatable bonds is 4. The molecule has 0 aliphatic heterocycles. The van der Waals surface area contributed by atoms with Crippen molar-refractivity contribution in [2.24, 2.45) is 0 Å². The van der Waals surface area contributed by atoms with E-state index in [2.05, 4.69) is 20.4 Å². The van der Waals surface area contributed by atoms with Gasteiger partial charge in [0, 0.05) is 6.54 Å². The van der Waals surface area contributed by atoms with Gasteiger partial charge in [-0.1, -0.05) is 30.3 Å². The monoisotopic (exact) mass is 385 g/mol. The van der Waals surface area contributed by atoms with E-state index in [9.17, 15) is 18.0 Å². The average Bonchev–Trinajstić information content (AvgIpc) is 3.11. The molecule has 28 heavy (non-hydrogen) atoms. The van der Waals surface area contributed by atoms with Gasteiger partial charge in [-0.2, -0.15) is 23.3 Å². The summed E-state index contributed by atoms with van der Waals surface area (Å²) in [4.78, 5) is 19.3. The van der Waals surface area contributed by atoms with Crippen LogP contribution in [0.2, 0.25) is 0 Å². The maximum Gasteiger partial charge on any atom is 0.416 e. The molecule has 0 radical (unpaired) electrons. The van der Waals surface area contributed by atoms with Gasteiger partial charge in [0.05, 0.1) is 17.4 Å². The fraction of sp³-hybridized carbons (Fsp3) is 0.105. The van der Waals surface area contributed by atoms with Crippen LogP contribution in [0, 0.1) is 0 Å². The summed E-state index contributed by atoms with van der Waals surface area (Å²) in [5.41, 5.74) is 0.680. The average molecular weight is 385 g/mol. The Morgan fingerprint density at radius 2 is 1.75 bits per heavy atom. The highest BCUT2D eigenvalue weighted by molar-refractivity contribution is 5.76. The van der Waals surface area contributed by atoms with E-state index in [0.717, 1.165) is 17.8 Å². The number of aromatic nitrogens is 4. The predicted octanol–water partition coefficient (Wildman–Crippen LogP) is 3.74. The summed E-state index contributed by atoms with van der Waals surface area (Å²) in [7, 11) is 0. The van der Waals surface area contributed by atoms with Gasteiger partial charge in [0.15, 0.2) is 5.65 Å². The highest BCUT2D eigenvalue weighted by atomic mass is 19.4. The molecule has 0 bridgehead atoms. The first-order valence-corrected chi connectivity index (χ1v) is 8.35. The number of fused-ring (bicyclic) bond motifs is 1. The molecule has 0 aliphatic carbocycles. The third-order valence-electron chi connectivity index (χ3n) is 4.18. The lowest BCUT2D eigenvalue weighted by atomic mass is 10.1. The molecule has 0 aliphatic rings. The molecule has 0 amide bonds. The van der Waals surface area contributed by atoms with Crippen molar-refractivity contribution in [3.63, 3.8) is 0 Å². The number of anilines is 1. The molecule has 0 atom stereocenters. The van der Waals surface area contributed by atoms with Crippen LogP contribution in [0.1, 0.15) is 11.1 Å². The van der Waals surface area contributed by atoms with Crippen molar-refractivity contribution in [2.45, 2.75) is 12.7 Å². The molecule has 2 aromatic heterocycles. The maximum absolute atomic E-state index is 12.6. The Hall–Kier alpha value is -3.62. The standard InChI is InChI=1S/C19H14F3N5O/c20-19(21,22)13-8-6-12(7-9-13)10-23-18-25-16-15(17(28)26-18)11-24-27(16)14-4-2-1-3-5-14/h1-9,11H,10H2,(H2,23,25,26,28). The van der Waals surface area contributed by atoms with Crippen molar-refractivity contribution < 1.29 is 13.2 Å². The molecular weight excluding hydrogens is 371 g/mol. The minimum absolute atomic E-state index is 0.200. The van der Waals surface area contributed by atoms with Crippen molar-refractivity contribution in [2.75, 3.05) is 5.32 Å². The Morgan fingerprint density at radius 1 is 1.04 bits per heavy atom. The van der Waals surface area contributed by atoms with Crippen molar-refractivity contribution in [3.8, 4) is 5.69 Å². The summed E-state index contributed by atoms with van der Waals surface area (Å²) in [5, 5.41) is 7.49. The van der Waals surface area contributed by atoms with Crippen LogP contribution in [-0.2, 0) is 12.7 Å². The van der Waals surface area contributed by atoms with Crippen LogP contribution in [0.15, 0.2) is 65.6 Å². The van der Waals surface area contributed by atoms with Gasteiger partial charge in [0.2, 0.25) is 5.95 Å². The Kier molecular flexibility index (Phi) is 4.34. The van der Waals surface area contributed by atoms with Gasteiger partial charge in [0.1, 0.15) is 5.39 Å². The topological polar surface area (TPSA) is 75.6 Å². The number of hydrogen-bond acceptors (Lipinski definition) is 4. The molecule has 6 nitrogen and oxygen atoms in total. The number of alkyl halides is 3. The molecular formula is C19H14F3N5O. The fourth-order valence-electron chi connectivity index (χ4n) is 2.76. The van der Waals surface area contributed by atoms with Crippen LogP contribution < -0.4 is 10.9 Å². The van der Waals surface area contributed by atoms with Crippen LogP contribution in [0.3, 0.4) is 0 Å². The summed E-state index contributed by atoms with van der Waals surface area (Å²) in [6.45, 7) is 0.200. The molecule has 4 aromatic rings. The lowest BCUT2D eigenvalue weighted by Gasteiger charge is -2.09. The Bertz CT molecular complexity index is 1160. The van der Waals surface area contributed by atoms with E-state index in [1.165, 1.54) is 18.3 Å². The van der Waals surface area contributed by atoms with E-state index >= 15 is 0 Å². The van der Waals surface area contributed by atoms with Crippen LogP contribution in [0.5, 0.6) is 0 Å². The molecule has 0 fully saturated rings. The fourth-order valence-corrected chi connectivity index (χ4v) is 2.76. The number of aromatic amines is 1. The van der Waals surface area contributed by atoms with Gasteiger partial charge in [0.25, 0.3) is 5.56 Å². The van der Waals surface area contributed by atoms with E-state index in [4.69, 9.17) is 0 Å². The van der Waals surface area contributed by atoms with Crippen LogP contribution in [0.25, 0.3) is 16.7 Å². The first-order chi connectivity index (χ1) is 13.4. The van der Waals surface area contributed by atoms with Gasteiger partial charge in [-0.15, -0.1) is 0 Å². The number of benzene rings is 2. The van der Waals surface area contributed by atoms with Crippen molar-refractivity contribution in [1.82, 2.24) is 19.7 Å². The summed E-state index contributed by atoms with van der Waals surface area (Å²) in [6.07, 6.45) is -2.94. The normalized spacial score (nSPS) is 11.7. The largest absolute Gasteiger partial charge is 0.416 e. The summed E-state index contributed by atoms with van der Waals surface area (Å²) in [5.74, 6) is 0.204. The van der Waals surface area contributed by atoms with E-state index in [-0.39, 0.29) is 18.1 Å². The molecule has 2 aromatic carbocycles. The Labute approximate surface area is 156 Å². The van der Waals surface area contributed by atoms with E-state index in [1.54, 1.807) is 4.68 Å². The summed E-state index contributed by atoms with van der Waals surface area (Å²) in [6, 6.07) is 14.0. The van der Waals surface area contributed by atoms with Crippen molar-refractivity contribution >= 4 is 17.0 Å². The van der Waals surface area contributed by atoms with Gasteiger partial charge in [-0.05, 0) is 29.8 Å². The smallest absolute Gasteiger partial charge is 0.352 e. The zero-order chi connectivity index (χ0) is 19.7. The second-order valence-corrected chi connectivity index (χ2v) is 6.09. The van der Waals surface area contributed by atoms with Crippen LogP contribution in [0.4, 0.5) is 19.1 Å². The molecule has 0 saturated heterocycles. The highest BCUT2D eigenvalue weighted by Gasteiger charge is 2.29. The van der Waals surface area contributed by atoms with E-state index in [1.807, 2.05) is 30.3 Å². The third-order valence-corrected chi connectivity index (χ3v) is 4.18. The molecule has 142 valence electrons. The molecule has 0 saturated carbocycles. The summed E-state index contributed by atoms with van der Waals surface area (Å²) >= 11 is 0. The number of halogens is 3. The summed E-state index contributed by atoms with van der Waals surface area (Å²) < 4.78 is 39.5. The highest BCUT2D eigenvalue weighted by Crippen LogP contribution is 2.29. The minimum Gasteiger partial charge on any atom is -0.352 e. The van der Waals surface area contributed by atoms with Crippen molar-refractivity contribution in [1.29, 1.82) is 0 Å². The Balaban J connectivity index is 1.60. The predicted molar refractivity (Wildman–Crippen MR) is 98.3 cm³/mol. The van der Waals surface area contributed by atoms with Gasteiger partial charge >= 0.3 is 6.18 Å².